The lowest BCUT2D eigenvalue weighted by atomic mass is 9.96. The van der Waals surface area contributed by atoms with Crippen molar-refractivity contribution >= 4 is 10.9 Å². The summed E-state index contributed by atoms with van der Waals surface area (Å²) in [6.45, 7) is 4.32. The number of para-hydroxylation sites is 1. The number of β-amino-alcohol motifs (C(OH)–C–C–N with tert-alkyl or cyclic N) is 1. The topological polar surface area (TPSA) is 59.8 Å². The third-order valence-electron chi connectivity index (χ3n) is 5.71. The van der Waals surface area contributed by atoms with Gasteiger partial charge in [-0.05, 0) is 30.9 Å². The first-order chi connectivity index (χ1) is 12.2. The van der Waals surface area contributed by atoms with Crippen molar-refractivity contribution in [1.82, 2.24) is 14.8 Å². The molecule has 0 amide bonds. The fourth-order valence-electron chi connectivity index (χ4n) is 4.31. The SMILES string of the molecule is OC1CCN([C@@H]2CCN(Cc3cccc4cccnc34)C[C@H]2O)CC1. The Balaban J connectivity index is 1.41. The predicted molar refractivity (Wildman–Crippen MR) is 98.2 cm³/mol. The van der Waals surface area contributed by atoms with Crippen molar-refractivity contribution in [3.63, 3.8) is 0 Å². The number of likely N-dealkylation sites (tertiary alicyclic amines) is 2. The van der Waals surface area contributed by atoms with Crippen LogP contribution in [0.4, 0.5) is 0 Å². The van der Waals surface area contributed by atoms with Gasteiger partial charge in [0.05, 0.1) is 17.7 Å². The summed E-state index contributed by atoms with van der Waals surface area (Å²) in [5.41, 5.74) is 2.29. The standard InChI is InChI=1S/C20H27N3O2/c24-17-6-11-23(12-7-17)18-8-10-22(14-19(18)25)13-16-4-1-3-15-5-2-9-21-20(15)16/h1-5,9,17-19,24-25H,6-8,10-14H2/t18-,19-/m1/s1. The highest BCUT2D eigenvalue weighted by atomic mass is 16.3. The van der Waals surface area contributed by atoms with E-state index in [1.165, 1.54) is 10.9 Å². The van der Waals surface area contributed by atoms with Crippen molar-refractivity contribution in [1.29, 1.82) is 0 Å². The van der Waals surface area contributed by atoms with E-state index in [1.54, 1.807) is 0 Å². The van der Waals surface area contributed by atoms with Crippen LogP contribution in [0.3, 0.4) is 0 Å². The molecule has 0 radical (unpaired) electrons. The number of piperidine rings is 2. The minimum Gasteiger partial charge on any atom is -0.393 e. The van der Waals surface area contributed by atoms with Gasteiger partial charge in [-0.2, -0.15) is 0 Å². The number of hydrogen-bond donors (Lipinski definition) is 2. The van der Waals surface area contributed by atoms with Crippen LogP contribution in [0.5, 0.6) is 0 Å². The van der Waals surface area contributed by atoms with Crippen LogP contribution in [0.15, 0.2) is 36.5 Å². The second-order valence-electron chi connectivity index (χ2n) is 7.42. The number of pyridine rings is 1. The average molecular weight is 341 g/mol. The van der Waals surface area contributed by atoms with Gasteiger partial charge in [-0.25, -0.2) is 0 Å². The van der Waals surface area contributed by atoms with Crippen molar-refractivity contribution in [2.45, 2.75) is 44.1 Å². The highest BCUT2D eigenvalue weighted by Gasteiger charge is 2.33. The molecule has 2 N–H and O–H groups in total. The van der Waals surface area contributed by atoms with E-state index in [0.29, 0.717) is 6.54 Å². The molecule has 1 aromatic heterocycles. The molecule has 0 bridgehead atoms. The highest BCUT2D eigenvalue weighted by molar-refractivity contribution is 5.81. The zero-order valence-electron chi connectivity index (χ0n) is 14.6. The first-order valence-corrected chi connectivity index (χ1v) is 9.36. The van der Waals surface area contributed by atoms with Gasteiger partial charge >= 0.3 is 0 Å². The Kier molecular flexibility index (Phi) is 4.99. The molecule has 25 heavy (non-hydrogen) atoms. The number of benzene rings is 1. The van der Waals surface area contributed by atoms with Crippen LogP contribution >= 0.6 is 0 Å². The molecule has 2 aromatic rings. The molecule has 5 heteroatoms. The monoisotopic (exact) mass is 341 g/mol. The average Bonchev–Trinajstić information content (AvgIpc) is 2.63. The van der Waals surface area contributed by atoms with E-state index in [2.05, 4.69) is 39.0 Å². The molecule has 134 valence electrons. The van der Waals surface area contributed by atoms with E-state index >= 15 is 0 Å². The lowest BCUT2D eigenvalue weighted by molar-refractivity contribution is -0.0354. The molecule has 0 aliphatic carbocycles. The van der Waals surface area contributed by atoms with E-state index in [1.807, 2.05) is 12.3 Å². The summed E-state index contributed by atoms with van der Waals surface area (Å²) < 4.78 is 0. The Labute approximate surface area is 148 Å². The van der Waals surface area contributed by atoms with Gasteiger partial charge in [-0.15, -0.1) is 0 Å². The molecule has 0 spiro atoms. The Hall–Kier alpha value is -1.53. The van der Waals surface area contributed by atoms with E-state index in [4.69, 9.17) is 0 Å². The summed E-state index contributed by atoms with van der Waals surface area (Å²) >= 11 is 0. The predicted octanol–water partition coefficient (Wildman–Crippen LogP) is 1.63. The Morgan fingerprint density at radius 3 is 2.60 bits per heavy atom. The van der Waals surface area contributed by atoms with Gasteiger partial charge in [-0.3, -0.25) is 14.8 Å². The Morgan fingerprint density at radius 1 is 1.00 bits per heavy atom. The van der Waals surface area contributed by atoms with Crippen LogP contribution in [-0.4, -0.2) is 69.4 Å². The normalized spacial score (nSPS) is 27.0. The molecular formula is C20H27N3O2. The molecule has 0 saturated carbocycles. The van der Waals surface area contributed by atoms with Crippen molar-refractivity contribution < 1.29 is 10.2 Å². The molecule has 2 atom stereocenters. The van der Waals surface area contributed by atoms with Crippen LogP contribution in [0, 0.1) is 0 Å². The maximum absolute atomic E-state index is 10.7. The number of fused-ring (bicyclic) bond motifs is 1. The molecule has 3 heterocycles. The summed E-state index contributed by atoms with van der Waals surface area (Å²) in [5.74, 6) is 0. The van der Waals surface area contributed by atoms with Gasteiger partial charge in [0.15, 0.2) is 0 Å². The second kappa shape index (κ2) is 7.38. The van der Waals surface area contributed by atoms with Crippen LogP contribution in [-0.2, 0) is 6.54 Å². The molecule has 2 saturated heterocycles. The second-order valence-corrected chi connectivity index (χ2v) is 7.42. The Morgan fingerprint density at radius 2 is 1.80 bits per heavy atom. The summed E-state index contributed by atoms with van der Waals surface area (Å²) in [5, 5.41) is 21.5. The van der Waals surface area contributed by atoms with Gasteiger partial charge in [0.25, 0.3) is 0 Å². The van der Waals surface area contributed by atoms with E-state index in [-0.39, 0.29) is 18.2 Å². The zero-order chi connectivity index (χ0) is 17.2. The lowest BCUT2D eigenvalue weighted by Gasteiger charge is -2.43. The minimum absolute atomic E-state index is 0.160. The highest BCUT2D eigenvalue weighted by Crippen LogP contribution is 2.24. The number of aromatic nitrogens is 1. The fourth-order valence-corrected chi connectivity index (χ4v) is 4.31. The third-order valence-corrected chi connectivity index (χ3v) is 5.71. The third kappa shape index (κ3) is 3.70. The first kappa shape index (κ1) is 16.9. The zero-order valence-corrected chi connectivity index (χ0v) is 14.6. The number of nitrogens with zero attached hydrogens (tertiary/aromatic N) is 3. The van der Waals surface area contributed by atoms with Gasteiger partial charge in [0.2, 0.25) is 0 Å². The summed E-state index contributed by atoms with van der Waals surface area (Å²) in [4.78, 5) is 9.25. The fraction of sp³-hybridized carbons (Fsp3) is 0.550. The molecule has 4 rings (SSSR count). The molecule has 2 aliphatic heterocycles. The maximum atomic E-state index is 10.7. The molecule has 0 unspecified atom stereocenters. The summed E-state index contributed by atoms with van der Waals surface area (Å²) in [7, 11) is 0. The lowest BCUT2D eigenvalue weighted by Crippen LogP contribution is -2.55. The van der Waals surface area contributed by atoms with Gasteiger partial charge in [-0.1, -0.05) is 24.3 Å². The Bertz CT molecular complexity index is 710. The van der Waals surface area contributed by atoms with Gasteiger partial charge in [0, 0.05) is 50.3 Å². The number of aliphatic hydroxyl groups is 2. The molecule has 1 aromatic carbocycles. The molecule has 2 aliphatic rings. The van der Waals surface area contributed by atoms with Crippen molar-refractivity contribution in [2.24, 2.45) is 0 Å². The summed E-state index contributed by atoms with van der Waals surface area (Å²) in [6.07, 6.45) is 4.00. The molecule has 5 nitrogen and oxygen atoms in total. The van der Waals surface area contributed by atoms with Crippen molar-refractivity contribution in [3.05, 3.63) is 42.1 Å². The number of rotatable bonds is 3. The molecular weight excluding hydrogens is 314 g/mol. The number of hydrogen-bond acceptors (Lipinski definition) is 5. The molecule has 2 fully saturated rings. The van der Waals surface area contributed by atoms with Crippen LogP contribution in [0.1, 0.15) is 24.8 Å². The quantitative estimate of drug-likeness (QED) is 0.889. The van der Waals surface area contributed by atoms with E-state index in [9.17, 15) is 10.2 Å². The van der Waals surface area contributed by atoms with Crippen LogP contribution in [0.25, 0.3) is 10.9 Å². The van der Waals surface area contributed by atoms with Crippen molar-refractivity contribution in [3.8, 4) is 0 Å². The van der Waals surface area contributed by atoms with Crippen LogP contribution < -0.4 is 0 Å². The van der Waals surface area contributed by atoms with E-state index < -0.39 is 0 Å². The van der Waals surface area contributed by atoms with E-state index in [0.717, 1.165) is 51.0 Å². The van der Waals surface area contributed by atoms with Gasteiger partial charge < -0.3 is 10.2 Å². The minimum atomic E-state index is -0.327. The largest absolute Gasteiger partial charge is 0.393 e. The van der Waals surface area contributed by atoms with Crippen LogP contribution in [0.2, 0.25) is 0 Å². The van der Waals surface area contributed by atoms with Crippen molar-refractivity contribution in [2.75, 3.05) is 26.2 Å². The first-order valence-electron chi connectivity index (χ1n) is 9.36. The summed E-state index contributed by atoms with van der Waals surface area (Å²) in [6, 6.07) is 10.6. The maximum Gasteiger partial charge on any atom is 0.0822 e. The van der Waals surface area contributed by atoms with Gasteiger partial charge in [0.1, 0.15) is 0 Å². The number of aliphatic hydroxyl groups excluding tert-OH is 2. The smallest absolute Gasteiger partial charge is 0.0822 e.